The summed E-state index contributed by atoms with van der Waals surface area (Å²) in [6.07, 6.45) is 11.1. The Kier molecular flexibility index (Phi) is 7.67. The molecular weight excluding hydrogens is 388 g/mol. The van der Waals surface area contributed by atoms with Gasteiger partial charge >= 0.3 is 6.09 Å². The lowest BCUT2D eigenvalue weighted by Crippen LogP contribution is -2.50. The van der Waals surface area contributed by atoms with E-state index in [-0.39, 0.29) is 24.2 Å². The summed E-state index contributed by atoms with van der Waals surface area (Å²) in [5.41, 5.74) is 1.31. The molecule has 5 nitrogen and oxygen atoms in total. The van der Waals surface area contributed by atoms with Crippen molar-refractivity contribution >= 4 is 6.09 Å². The summed E-state index contributed by atoms with van der Waals surface area (Å²) in [7, 11) is 0. The van der Waals surface area contributed by atoms with E-state index in [1.807, 2.05) is 11.0 Å². The van der Waals surface area contributed by atoms with Crippen LogP contribution in [0.4, 0.5) is 4.79 Å². The molecular formula is C26H38N2O3. The minimum atomic E-state index is -0.209. The normalized spacial score (nSPS) is 25.5. The number of rotatable bonds is 9. The van der Waals surface area contributed by atoms with E-state index >= 15 is 0 Å². The van der Waals surface area contributed by atoms with Gasteiger partial charge in [-0.25, -0.2) is 4.79 Å². The average Bonchev–Trinajstić information content (AvgIpc) is 3.62. The molecule has 2 aliphatic carbocycles. The van der Waals surface area contributed by atoms with Crippen molar-refractivity contribution in [3.05, 3.63) is 48.6 Å². The largest absolute Gasteiger partial charge is 0.445 e. The van der Waals surface area contributed by atoms with Crippen molar-refractivity contribution in [2.24, 2.45) is 5.41 Å². The minimum Gasteiger partial charge on any atom is -0.445 e. The highest BCUT2D eigenvalue weighted by Crippen LogP contribution is 2.46. The van der Waals surface area contributed by atoms with Gasteiger partial charge in [0.25, 0.3) is 0 Å². The van der Waals surface area contributed by atoms with E-state index in [9.17, 15) is 4.79 Å². The average molecular weight is 427 g/mol. The van der Waals surface area contributed by atoms with E-state index < -0.39 is 0 Å². The van der Waals surface area contributed by atoms with Crippen molar-refractivity contribution in [2.75, 3.05) is 32.8 Å². The molecule has 2 atom stereocenters. The molecule has 1 N–H and O–H groups in total. The van der Waals surface area contributed by atoms with E-state index in [0.717, 1.165) is 39.0 Å². The lowest BCUT2D eigenvalue weighted by molar-refractivity contribution is -0.0482. The standard InChI is InChI=1S/C26H38N2O3/c1-2-17-30-25(29)28(24-18-23(24)21-9-5-3-6-10-21)19-26(13-15-27-16-14-26)20-31-22-11-7-4-8-12-22/h2-3,5-6,9-10,22-24,27H,1,4,7-8,11-20H2/t23?,24-/m1/s1. The number of ether oxygens (including phenoxy) is 2. The number of piperidine rings is 1. The van der Waals surface area contributed by atoms with Gasteiger partial charge in [-0.2, -0.15) is 0 Å². The maximum Gasteiger partial charge on any atom is 0.410 e. The van der Waals surface area contributed by atoms with E-state index in [4.69, 9.17) is 9.47 Å². The molecule has 0 spiro atoms. The van der Waals surface area contributed by atoms with Gasteiger partial charge in [-0.3, -0.25) is 0 Å². The molecule has 2 saturated carbocycles. The van der Waals surface area contributed by atoms with Crippen molar-refractivity contribution in [2.45, 2.75) is 69.4 Å². The highest BCUT2D eigenvalue weighted by molar-refractivity contribution is 5.69. The zero-order valence-corrected chi connectivity index (χ0v) is 18.8. The predicted octanol–water partition coefficient (Wildman–Crippen LogP) is 4.89. The molecule has 1 aromatic rings. The summed E-state index contributed by atoms with van der Waals surface area (Å²) in [4.78, 5) is 15.1. The molecule has 3 fully saturated rings. The number of hydrogen-bond donors (Lipinski definition) is 1. The van der Waals surface area contributed by atoms with Crippen LogP contribution in [0.1, 0.15) is 62.8 Å². The van der Waals surface area contributed by atoms with E-state index in [2.05, 4.69) is 36.2 Å². The summed E-state index contributed by atoms with van der Waals surface area (Å²) in [5.74, 6) is 0.399. The summed E-state index contributed by atoms with van der Waals surface area (Å²) in [6, 6.07) is 10.8. The first-order valence-corrected chi connectivity index (χ1v) is 12.1. The fraction of sp³-hybridized carbons (Fsp3) is 0.654. The van der Waals surface area contributed by atoms with Gasteiger partial charge < -0.3 is 19.7 Å². The van der Waals surface area contributed by atoms with Crippen LogP contribution in [0.3, 0.4) is 0 Å². The third kappa shape index (κ3) is 5.89. The zero-order chi connectivity index (χ0) is 21.5. The minimum absolute atomic E-state index is 0.000274. The Bertz CT molecular complexity index is 711. The van der Waals surface area contributed by atoms with Crippen molar-refractivity contribution in [3.8, 4) is 0 Å². The molecule has 0 aromatic heterocycles. The molecule has 1 saturated heterocycles. The number of carbonyl (C=O) groups is 1. The molecule has 1 aliphatic heterocycles. The van der Waals surface area contributed by atoms with Crippen LogP contribution in [0, 0.1) is 5.41 Å². The van der Waals surface area contributed by atoms with E-state index in [1.165, 1.54) is 37.7 Å². The Hall–Kier alpha value is -1.85. The highest BCUT2D eigenvalue weighted by Gasteiger charge is 2.48. The van der Waals surface area contributed by atoms with Crippen molar-refractivity contribution in [1.82, 2.24) is 10.2 Å². The Labute approximate surface area is 187 Å². The Morgan fingerprint density at radius 1 is 1.16 bits per heavy atom. The third-order valence-electron chi connectivity index (χ3n) is 7.29. The second-order valence-electron chi connectivity index (χ2n) is 9.63. The number of hydrogen-bond acceptors (Lipinski definition) is 4. The van der Waals surface area contributed by atoms with Crippen LogP contribution in [0.15, 0.2) is 43.0 Å². The number of nitrogens with zero attached hydrogens (tertiary/aromatic N) is 1. The number of benzene rings is 1. The fourth-order valence-corrected chi connectivity index (χ4v) is 5.31. The molecule has 1 aromatic carbocycles. The Morgan fingerprint density at radius 3 is 2.61 bits per heavy atom. The smallest absolute Gasteiger partial charge is 0.410 e. The second kappa shape index (κ2) is 10.6. The summed E-state index contributed by atoms with van der Waals surface area (Å²) < 4.78 is 12.0. The highest BCUT2D eigenvalue weighted by atomic mass is 16.6. The first-order valence-electron chi connectivity index (χ1n) is 12.1. The quantitative estimate of drug-likeness (QED) is 0.572. The molecule has 4 rings (SSSR count). The summed E-state index contributed by atoms with van der Waals surface area (Å²) in [6.45, 7) is 7.38. The van der Waals surface area contributed by atoms with Crippen LogP contribution in [-0.2, 0) is 9.47 Å². The lowest BCUT2D eigenvalue weighted by Gasteiger charge is -2.42. The Morgan fingerprint density at radius 2 is 1.90 bits per heavy atom. The molecule has 3 aliphatic rings. The monoisotopic (exact) mass is 426 g/mol. The summed E-state index contributed by atoms with van der Waals surface area (Å²) in [5, 5.41) is 3.49. The third-order valence-corrected chi connectivity index (χ3v) is 7.29. The number of nitrogens with one attached hydrogen (secondary N) is 1. The van der Waals surface area contributed by atoms with Gasteiger partial charge in [-0.05, 0) is 50.8 Å². The molecule has 31 heavy (non-hydrogen) atoms. The molecule has 170 valence electrons. The van der Waals surface area contributed by atoms with Crippen LogP contribution in [0.5, 0.6) is 0 Å². The lowest BCUT2D eigenvalue weighted by atomic mass is 9.79. The Balaban J connectivity index is 1.47. The van der Waals surface area contributed by atoms with Gasteiger partial charge in [0, 0.05) is 23.9 Å². The van der Waals surface area contributed by atoms with Crippen molar-refractivity contribution in [3.63, 3.8) is 0 Å². The van der Waals surface area contributed by atoms with E-state index in [1.54, 1.807) is 6.08 Å². The SMILES string of the molecule is C=CCOC(=O)N(CC1(COC2CCCCC2)CCNCC1)[C@@H]1CC1c1ccccc1. The van der Waals surface area contributed by atoms with Crippen LogP contribution in [0.25, 0.3) is 0 Å². The van der Waals surface area contributed by atoms with Gasteiger partial charge in [0.05, 0.1) is 12.7 Å². The maximum absolute atomic E-state index is 13.1. The molecule has 1 unspecified atom stereocenters. The topological polar surface area (TPSA) is 50.8 Å². The zero-order valence-electron chi connectivity index (χ0n) is 18.8. The van der Waals surface area contributed by atoms with Crippen LogP contribution in [-0.4, -0.2) is 56.0 Å². The molecule has 0 bridgehead atoms. The first kappa shape index (κ1) is 22.3. The van der Waals surface area contributed by atoms with Gasteiger partial charge in [0.15, 0.2) is 0 Å². The molecule has 1 heterocycles. The summed E-state index contributed by atoms with van der Waals surface area (Å²) >= 11 is 0. The van der Waals surface area contributed by atoms with Crippen molar-refractivity contribution < 1.29 is 14.3 Å². The van der Waals surface area contributed by atoms with Crippen LogP contribution >= 0.6 is 0 Å². The first-order chi connectivity index (χ1) is 15.2. The molecule has 0 radical (unpaired) electrons. The maximum atomic E-state index is 13.1. The predicted molar refractivity (Wildman–Crippen MR) is 123 cm³/mol. The van der Waals surface area contributed by atoms with Crippen LogP contribution < -0.4 is 5.32 Å². The van der Waals surface area contributed by atoms with Gasteiger partial charge in [0.1, 0.15) is 6.61 Å². The van der Waals surface area contributed by atoms with Gasteiger partial charge in [0.2, 0.25) is 0 Å². The van der Waals surface area contributed by atoms with Crippen LogP contribution in [0.2, 0.25) is 0 Å². The number of carbonyl (C=O) groups excluding carboxylic acids is 1. The fourth-order valence-electron chi connectivity index (χ4n) is 5.31. The van der Waals surface area contributed by atoms with Crippen molar-refractivity contribution in [1.29, 1.82) is 0 Å². The van der Waals surface area contributed by atoms with E-state index in [0.29, 0.717) is 18.6 Å². The molecule has 1 amide bonds. The number of amides is 1. The van der Waals surface area contributed by atoms with Gasteiger partial charge in [-0.1, -0.05) is 62.2 Å². The second-order valence-corrected chi connectivity index (χ2v) is 9.63. The van der Waals surface area contributed by atoms with Gasteiger partial charge in [-0.15, -0.1) is 0 Å². The molecule has 5 heteroatoms.